The van der Waals surface area contributed by atoms with Gasteiger partial charge in [-0.05, 0) is 38.3 Å². The highest BCUT2D eigenvalue weighted by Gasteiger charge is 2.37. The zero-order valence-electron chi connectivity index (χ0n) is 14.7. The van der Waals surface area contributed by atoms with E-state index in [0.29, 0.717) is 30.5 Å². The largest absolute Gasteiger partial charge is 0.461 e. The first kappa shape index (κ1) is 19.0. The molecule has 0 N–H and O–H groups in total. The molecule has 1 aliphatic carbocycles. The highest BCUT2D eigenvalue weighted by Crippen LogP contribution is 2.40. The number of alkyl halides is 3. The molecule has 3 rings (SSSR count). The number of rotatable bonds is 4. The van der Waals surface area contributed by atoms with Gasteiger partial charge in [-0.15, -0.1) is 0 Å². The maximum atomic E-state index is 13.5. The van der Waals surface area contributed by atoms with Crippen LogP contribution in [-0.2, 0) is 17.3 Å². The van der Waals surface area contributed by atoms with Crippen molar-refractivity contribution in [3.05, 3.63) is 46.8 Å². The molecule has 2 aromatic rings. The molecular formula is C19H18F3N3O2. The first-order valence-corrected chi connectivity index (χ1v) is 8.71. The van der Waals surface area contributed by atoms with Gasteiger partial charge in [-0.3, -0.25) is 0 Å². The number of hydrogen-bond acceptors (Lipinski definition) is 4. The molecule has 0 fully saturated rings. The van der Waals surface area contributed by atoms with E-state index < -0.39 is 17.7 Å². The van der Waals surface area contributed by atoms with Crippen LogP contribution in [-0.4, -0.2) is 22.4 Å². The first-order valence-electron chi connectivity index (χ1n) is 8.71. The summed E-state index contributed by atoms with van der Waals surface area (Å²) in [6.45, 7) is 1.77. The van der Waals surface area contributed by atoms with Crippen LogP contribution >= 0.6 is 0 Å². The third-order valence-corrected chi connectivity index (χ3v) is 4.64. The number of fused-ring (bicyclic) bond motifs is 1. The molecule has 0 spiro atoms. The van der Waals surface area contributed by atoms with Crippen molar-refractivity contribution in [3.63, 3.8) is 0 Å². The summed E-state index contributed by atoms with van der Waals surface area (Å²) in [5.74, 6) is -0.924. The molecule has 1 heterocycles. The Morgan fingerprint density at radius 3 is 2.81 bits per heavy atom. The number of halogens is 3. The van der Waals surface area contributed by atoms with Gasteiger partial charge >= 0.3 is 12.1 Å². The van der Waals surface area contributed by atoms with Crippen molar-refractivity contribution in [1.29, 1.82) is 5.26 Å². The number of esters is 1. The Balaban J connectivity index is 2.24. The summed E-state index contributed by atoms with van der Waals surface area (Å²) in [4.78, 5) is 12.4. The average Bonchev–Trinajstić information content (AvgIpc) is 3.02. The second kappa shape index (κ2) is 7.43. The molecule has 0 radical (unpaired) electrons. The second-order valence-electron chi connectivity index (χ2n) is 6.31. The summed E-state index contributed by atoms with van der Waals surface area (Å²) in [7, 11) is 0. The van der Waals surface area contributed by atoms with Crippen molar-refractivity contribution in [2.45, 2.75) is 44.7 Å². The summed E-state index contributed by atoms with van der Waals surface area (Å²) in [5, 5.41) is 13.3. The smallest absolute Gasteiger partial charge is 0.418 e. The van der Waals surface area contributed by atoms with Crippen molar-refractivity contribution in [1.82, 2.24) is 9.78 Å². The van der Waals surface area contributed by atoms with Crippen molar-refractivity contribution in [3.8, 4) is 11.8 Å². The Morgan fingerprint density at radius 1 is 1.41 bits per heavy atom. The molecule has 27 heavy (non-hydrogen) atoms. The van der Waals surface area contributed by atoms with Gasteiger partial charge in [0.25, 0.3) is 0 Å². The van der Waals surface area contributed by atoms with Crippen LogP contribution in [0.25, 0.3) is 5.69 Å². The summed E-state index contributed by atoms with van der Waals surface area (Å²) in [5.41, 5.74) is 0.130. The fourth-order valence-corrected chi connectivity index (χ4v) is 3.56. The molecule has 0 saturated carbocycles. The number of ether oxygens (including phenoxy) is 1. The zero-order chi connectivity index (χ0) is 19.6. The van der Waals surface area contributed by atoms with E-state index in [0.717, 1.165) is 6.07 Å². The van der Waals surface area contributed by atoms with Crippen LogP contribution in [0.4, 0.5) is 13.2 Å². The molecule has 0 amide bonds. The number of carbonyl (C=O) groups excluding carboxylic acids is 1. The number of nitriles is 1. The topological polar surface area (TPSA) is 67.9 Å². The normalized spacial score (nSPS) is 16.5. The lowest BCUT2D eigenvalue weighted by atomic mass is 9.83. The quantitative estimate of drug-likeness (QED) is 0.741. The molecule has 1 unspecified atom stereocenters. The summed E-state index contributed by atoms with van der Waals surface area (Å²) < 4.78 is 46.7. The van der Waals surface area contributed by atoms with Gasteiger partial charge in [-0.25, -0.2) is 9.48 Å². The lowest BCUT2D eigenvalue weighted by Gasteiger charge is -2.22. The monoisotopic (exact) mass is 377 g/mol. The van der Waals surface area contributed by atoms with Gasteiger partial charge in [0.2, 0.25) is 0 Å². The molecule has 0 aliphatic heterocycles. The van der Waals surface area contributed by atoms with Crippen LogP contribution < -0.4 is 0 Å². The molecule has 1 aliphatic rings. The zero-order valence-corrected chi connectivity index (χ0v) is 14.7. The van der Waals surface area contributed by atoms with E-state index in [1.165, 1.54) is 22.9 Å². The number of benzene rings is 1. The Kier molecular flexibility index (Phi) is 5.22. The molecule has 142 valence electrons. The van der Waals surface area contributed by atoms with Crippen LogP contribution in [0.1, 0.15) is 59.4 Å². The molecule has 8 heteroatoms. The van der Waals surface area contributed by atoms with Crippen LogP contribution in [0.2, 0.25) is 0 Å². The number of hydrogen-bond donors (Lipinski definition) is 0. The fourth-order valence-electron chi connectivity index (χ4n) is 3.56. The molecule has 0 saturated heterocycles. The number of carbonyl (C=O) groups is 1. The second-order valence-corrected chi connectivity index (χ2v) is 6.31. The molecule has 0 bridgehead atoms. The Hall–Kier alpha value is -2.82. The van der Waals surface area contributed by atoms with Crippen LogP contribution in [0.3, 0.4) is 0 Å². The lowest BCUT2D eigenvalue weighted by molar-refractivity contribution is -0.137. The Morgan fingerprint density at radius 2 is 2.15 bits per heavy atom. The summed E-state index contributed by atoms with van der Waals surface area (Å²) in [6.07, 6.45) is -2.51. The van der Waals surface area contributed by atoms with E-state index in [1.54, 1.807) is 6.92 Å². The van der Waals surface area contributed by atoms with Gasteiger partial charge < -0.3 is 4.74 Å². The third-order valence-electron chi connectivity index (χ3n) is 4.64. The van der Waals surface area contributed by atoms with Gasteiger partial charge in [0.05, 0.1) is 23.9 Å². The molecule has 1 aromatic carbocycles. The molecule has 1 aromatic heterocycles. The van der Waals surface area contributed by atoms with Gasteiger partial charge in [-0.2, -0.15) is 23.5 Å². The van der Waals surface area contributed by atoms with E-state index in [9.17, 15) is 18.0 Å². The SMILES string of the molecule is CCOC(=O)c1nn(-c2ccccc2C(F)(F)F)c2c1C(CC#N)CCC2. The van der Waals surface area contributed by atoms with E-state index in [2.05, 4.69) is 11.2 Å². The maximum Gasteiger partial charge on any atom is 0.418 e. The van der Waals surface area contributed by atoms with Gasteiger partial charge in [-0.1, -0.05) is 12.1 Å². The number of nitrogens with zero attached hydrogens (tertiary/aromatic N) is 3. The van der Waals surface area contributed by atoms with Gasteiger partial charge in [0, 0.05) is 23.6 Å². The molecule has 1 atom stereocenters. The van der Waals surface area contributed by atoms with Crippen molar-refractivity contribution in [2.75, 3.05) is 6.61 Å². The minimum atomic E-state index is -4.56. The average molecular weight is 377 g/mol. The van der Waals surface area contributed by atoms with E-state index in [1.807, 2.05) is 0 Å². The Labute approximate surface area is 154 Å². The summed E-state index contributed by atoms with van der Waals surface area (Å²) in [6, 6.07) is 7.22. The highest BCUT2D eigenvalue weighted by molar-refractivity contribution is 5.89. The lowest BCUT2D eigenvalue weighted by Crippen LogP contribution is -2.16. The van der Waals surface area contributed by atoms with Crippen molar-refractivity contribution in [2.24, 2.45) is 0 Å². The fraction of sp³-hybridized carbons (Fsp3) is 0.421. The number of aromatic nitrogens is 2. The predicted octanol–water partition coefficient (Wildman–Crippen LogP) is 4.40. The van der Waals surface area contributed by atoms with E-state index >= 15 is 0 Å². The standard InChI is InChI=1S/C19H18F3N3O2/c1-2-27-18(26)17-16-12(10-11-23)6-5-9-15(16)25(24-17)14-8-4-3-7-13(14)19(20,21)22/h3-4,7-8,12H,2,5-6,9-10H2,1H3. The maximum absolute atomic E-state index is 13.5. The van der Waals surface area contributed by atoms with Crippen LogP contribution in [0.5, 0.6) is 0 Å². The van der Waals surface area contributed by atoms with Gasteiger partial charge in [0.1, 0.15) is 0 Å². The highest BCUT2D eigenvalue weighted by atomic mass is 19.4. The number of para-hydroxylation sites is 1. The third kappa shape index (κ3) is 3.54. The van der Waals surface area contributed by atoms with Crippen LogP contribution in [0.15, 0.2) is 24.3 Å². The van der Waals surface area contributed by atoms with Crippen molar-refractivity contribution >= 4 is 5.97 Å². The first-order chi connectivity index (χ1) is 12.9. The molecular weight excluding hydrogens is 359 g/mol. The Bertz CT molecular complexity index is 897. The summed E-state index contributed by atoms with van der Waals surface area (Å²) >= 11 is 0. The minimum Gasteiger partial charge on any atom is -0.461 e. The predicted molar refractivity (Wildman–Crippen MR) is 90.4 cm³/mol. The van der Waals surface area contributed by atoms with Crippen LogP contribution in [0, 0.1) is 11.3 Å². The van der Waals surface area contributed by atoms with Crippen molar-refractivity contribution < 1.29 is 22.7 Å². The van der Waals surface area contributed by atoms with E-state index in [4.69, 9.17) is 10.00 Å². The van der Waals surface area contributed by atoms with E-state index in [-0.39, 0.29) is 30.3 Å². The molecule has 5 nitrogen and oxygen atoms in total. The van der Waals surface area contributed by atoms with Gasteiger partial charge in [0.15, 0.2) is 5.69 Å². The minimum absolute atomic E-state index is 0.00350.